The van der Waals surface area contributed by atoms with E-state index in [0.717, 1.165) is 116 Å². The number of unbranched alkanes of at least 4 members (excludes halogenated alkanes) is 15. The average molecular weight is 928 g/mol. The predicted molar refractivity (Wildman–Crippen MR) is 293 cm³/mol. The zero-order valence-corrected chi connectivity index (χ0v) is 43.5. The average Bonchev–Trinajstić information content (AvgIpc) is 3.32. The summed E-state index contributed by atoms with van der Waals surface area (Å²) in [7, 11) is 0. The fraction of sp³-hybridized carbons (Fsp3) is 0.650. The lowest BCUT2D eigenvalue weighted by molar-refractivity contribution is -0.121. The van der Waals surface area contributed by atoms with Gasteiger partial charge in [-0.05, 0) is 116 Å². The Morgan fingerprint density at radius 3 is 0.791 bits per heavy atom. The molecule has 0 aromatic carbocycles. The molecular weight excluding hydrogens is 825 g/mol. The normalized spacial score (nSPS) is 12.5. The smallest absolute Gasteiger partial charge is 0.220 e. The molecule has 0 fully saturated rings. The minimum Gasteiger partial charge on any atom is -0.355 e. The topological polar surface area (TPSA) is 90.5 Å². The molecule has 380 valence electrons. The van der Waals surface area contributed by atoms with Crippen LogP contribution in [0.1, 0.15) is 213 Å². The van der Waals surface area contributed by atoms with Crippen molar-refractivity contribution in [1.29, 1.82) is 0 Å². The summed E-state index contributed by atoms with van der Waals surface area (Å²) in [5.41, 5.74) is 0. The molecule has 0 aromatic rings. The number of hydrogen-bond donors (Lipinski definition) is 3. The van der Waals surface area contributed by atoms with E-state index in [9.17, 15) is 14.4 Å². The Kier molecular flexibility index (Phi) is 51.4. The molecule has 0 spiro atoms. The third-order valence-electron chi connectivity index (χ3n) is 11.4. The van der Waals surface area contributed by atoms with Gasteiger partial charge in [-0.25, -0.2) is 0 Å². The Balaban J connectivity index is 4.44. The zero-order valence-electron chi connectivity index (χ0n) is 43.5. The van der Waals surface area contributed by atoms with E-state index >= 15 is 0 Å². The summed E-state index contributed by atoms with van der Waals surface area (Å²) in [6, 6.07) is 0. The van der Waals surface area contributed by atoms with Crippen LogP contribution in [0.4, 0.5) is 0 Å². The summed E-state index contributed by atoms with van der Waals surface area (Å²) in [5, 5.41) is 9.34. The van der Waals surface area contributed by atoms with Crippen LogP contribution in [0.5, 0.6) is 0 Å². The second kappa shape index (κ2) is 54.6. The van der Waals surface area contributed by atoms with E-state index in [1.807, 2.05) is 0 Å². The molecule has 7 heteroatoms. The van der Waals surface area contributed by atoms with E-state index in [4.69, 9.17) is 0 Å². The molecule has 0 bridgehead atoms. The molecular formula is C60H102N4O3. The van der Waals surface area contributed by atoms with Crippen LogP contribution >= 0.6 is 0 Å². The summed E-state index contributed by atoms with van der Waals surface area (Å²) >= 11 is 0. The van der Waals surface area contributed by atoms with Gasteiger partial charge in [-0.1, -0.05) is 188 Å². The van der Waals surface area contributed by atoms with Crippen molar-refractivity contribution in [3.63, 3.8) is 0 Å². The minimum atomic E-state index is 0.105. The first-order chi connectivity index (χ1) is 33.0. The summed E-state index contributed by atoms with van der Waals surface area (Å²) in [6.07, 6.45) is 71.4. The van der Waals surface area contributed by atoms with Crippen molar-refractivity contribution >= 4 is 17.7 Å². The number of rotatable bonds is 48. The van der Waals surface area contributed by atoms with Gasteiger partial charge in [0.25, 0.3) is 0 Å². The highest BCUT2D eigenvalue weighted by molar-refractivity contribution is 5.76. The molecule has 67 heavy (non-hydrogen) atoms. The van der Waals surface area contributed by atoms with E-state index < -0.39 is 0 Å². The SMILES string of the molecule is CC/C=C\C/C=C\C/C=C\CCCCCCCC(=O)NCCN(CCNC(=O)CCCCCCC/C=C\C/C=C\C/C=C\CC)CCNC(=O)CCCCCCC/C=C\C/C=C\C/C=C\CC. The van der Waals surface area contributed by atoms with Gasteiger partial charge in [-0.3, -0.25) is 19.3 Å². The lowest BCUT2D eigenvalue weighted by Gasteiger charge is -2.23. The number of nitrogens with one attached hydrogen (secondary N) is 3. The Labute approximate surface area is 413 Å². The van der Waals surface area contributed by atoms with Crippen molar-refractivity contribution in [3.05, 3.63) is 109 Å². The van der Waals surface area contributed by atoms with E-state index in [2.05, 4.69) is 151 Å². The molecule has 0 unspecified atom stereocenters. The van der Waals surface area contributed by atoms with Crippen LogP contribution in [0.3, 0.4) is 0 Å². The van der Waals surface area contributed by atoms with Gasteiger partial charge in [0.15, 0.2) is 0 Å². The van der Waals surface area contributed by atoms with Crippen molar-refractivity contribution in [1.82, 2.24) is 20.9 Å². The van der Waals surface area contributed by atoms with E-state index in [-0.39, 0.29) is 17.7 Å². The van der Waals surface area contributed by atoms with E-state index in [1.165, 1.54) is 57.8 Å². The summed E-state index contributed by atoms with van der Waals surface area (Å²) in [6.45, 7) is 10.2. The molecule has 0 saturated heterocycles. The van der Waals surface area contributed by atoms with Gasteiger partial charge >= 0.3 is 0 Å². The highest BCUT2D eigenvalue weighted by atomic mass is 16.2. The van der Waals surface area contributed by atoms with Gasteiger partial charge < -0.3 is 16.0 Å². The Morgan fingerprint density at radius 1 is 0.299 bits per heavy atom. The fourth-order valence-corrected chi connectivity index (χ4v) is 7.37. The van der Waals surface area contributed by atoms with Gasteiger partial charge in [0.2, 0.25) is 17.7 Å². The number of allylic oxidation sites excluding steroid dienone is 18. The predicted octanol–water partition coefficient (Wildman–Crippen LogP) is 15.4. The van der Waals surface area contributed by atoms with Crippen LogP contribution in [-0.4, -0.2) is 61.9 Å². The van der Waals surface area contributed by atoms with Crippen LogP contribution < -0.4 is 16.0 Å². The summed E-state index contributed by atoms with van der Waals surface area (Å²) in [5.74, 6) is 0.316. The molecule has 0 heterocycles. The maximum absolute atomic E-state index is 12.7. The molecule has 0 aliphatic carbocycles. The van der Waals surface area contributed by atoms with Gasteiger partial charge in [-0.2, -0.15) is 0 Å². The molecule has 0 aliphatic heterocycles. The van der Waals surface area contributed by atoms with E-state index in [1.54, 1.807) is 0 Å². The molecule has 0 aliphatic rings. The quantitative estimate of drug-likeness (QED) is 0.0419. The number of hydrogen-bond acceptors (Lipinski definition) is 4. The van der Waals surface area contributed by atoms with Gasteiger partial charge in [0.05, 0.1) is 0 Å². The molecule has 7 nitrogen and oxygen atoms in total. The van der Waals surface area contributed by atoms with Crippen LogP contribution in [-0.2, 0) is 14.4 Å². The summed E-state index contributed by atoms with van der Waals surface area (Å²) in [4.78, 5) is 40.2. The lowest BCUT2D eigenvalue weighted by atomic mass is 10.1. The second-order valence-electron chi connectivity index (χ2n) is 17.7. The van der Waals surface area contributed by atoms with Crippen molar-refractivity contribution in [2.75, 3.05) is 39.3 Å². The van der Waals surface area contributed by atoms with Gasteiger partial charge in [-0.15, -0.1) is 0 Å². The molecule has 0 aromatic heterocycles. The number of carbonyl (C=O) groups excluding carboxylic acids is 3. The first-order valence-electron chi connectivity index (χ1n) is 27.4. The number of carbonyl (C=O) groups is 3. The van der Waals surface area contributed by atoms with Crippen molar-refractivity contribution in [3.8, 4) is 0 Å². The zero-order chi connectivity index (χ0) is 48.6. The molecule has 0 atom stereocenters. The van der Waals surface area contributed by atoms with Crippen molar-refractivity contribution < 1.29 is 14.4 Å². The minimum absolute atomic E-state index is 0.105. The highest BCUT2D eigenvalue weighted by Crippen LogP contribution is 2.11. The monoisotopic (exact) mass is 927 g/mol. The Bertz CT molecular complexity index is 1230. The first kappa shape index (κ1) is 63.0. The second-order valence-corrected chi connectivity index (χ2v) is 17.7. The van der Waals surface area contributed by atoms with Crippen LogP contribution in [0.25, 0.3) is 0 Å². The number of amides is 3. The Morgan fingerprint density at radius 2 is 0.522 bits per heavy atom. The molecule has 0 saturated carbocycles. The first-order valence-corrected chi connectivity index (χ1v) is 27.4. The Hall–Kier alpha value is -3.97. The van der Waals surface area contributed by atoms with Crippen LogP contribution in [0.15, 0.2) is 109 Å². The van der Waals surface area contributed by atoms with Crippen molar-refractivity contribution in [2.24, 2.45) is 0 Å². The third-order valence-corrected chi connectivity index (χ3v) is 11.4. The maximum Gasteiger partial charge on any atom is 0.220 e. The third kappa shape index (κ3) is 52.9. The van der Waals surface area contributed by atoms with Crippen LogP contribution in [0, 0.1) is 0 Å². The number of nitrogens with zero attached hydrogens (tertiary/aromatic N) is 1. The van der Waals surface area contributed by atoms with Crippen molar-refractivity contribution in [2.45, 2.75) is 213 Å². The van der Waals surface area contributed by atoms with Crippen LogP contribution in [0.2, 0.25) is 0 Å². The largest absolute Gasteiger partial charge is 0.355 e. The lowest BCUT2D eigenvalue weighted by Crippen LogP contribution is -2.43. The summed E-state index contributed by atoms with van der Waals surface area (Å²) < 4.78 is 0. The standard InChI is InChI=1S/C60H102N4O3/c1-4-7-10-13-16-19-22-25-28-31-34-37-40-43-46-49-58(65)61-52-55-64(56-53-62-59(66)50-47-44-41-38-35-32-29-26-23-20-17-14-11-8-5-2)57-54-63-60(67)51-48-45-42-39-36-33-30-27-24-21-18-15-12-9-6-3/h7-12,16-21,25-30H,4-6,13-15,22-24,31-57H2,1-3H3,(H,61,65)(H,62,66)(H,63,67)/b10-7-,11-8-,12-9-,19-16-,20-17-,21-18-,28-25-,29-26-,30-27-. The molecule has 3 amide bonds. The van der Waals surface area contributed by atoms with Gasteiger partial charge in [0, 0.05) is 58.5 Å². The van der Waals surface area contributed by atoms with E-state index in [0.29, 0.717) is 58.5 Å². The molecule has 0 radical (unpaired) electrons. The fourth-order valence-electron chi connectivity index (χ4n) is 7.37. The maximum atomic E-state index is 12.7. The van der Waals surface area contributed by atoms with Gasteiger partial charge in [0.1, 0.15) is 0 Å². The molecule has 0 rings (SSSR count). The highest BCUT2D eigenvalue weighted by Gasteiger charge is 2.09. The molecule has 3 N–H and O–H groups in total.